The number of para-hydroxylation sites is 2. The highest BCUT2D eigenvalue weighted by Gasteiger charge is 2.03. The Kier molecular flexibility index (Phi) is 14.0. The van der Waals surface area contributed by atoms with Gasteiger partial charge in [0.05, 0.1) is 25.6 Å². The minimum absolute atomic E-state index is 0.0961. The fourth-order valence-electron chi connectivity index (χ4n) is 3.49. The van der Waals surface area contributed by atoms with Crippen molar-refractivity contribution in [1.29, 1.82) is 0 Å². The van der Waals surface area contributed by atoms with Crippen LogP contribution in [0.5, 0.6) is 11.5 Å². The summed E-state index contributed by atoms with van der Waals surface area (Å²) in [4.78, 5) is 23.9. The van der Waals surface area contributed by atoms with Gasteiger partial charge in [0.25, 0.3) is 0 Å². The highest BCUT2D eigenvalue weighted by molar-refractivity contribution is 5.85. The summed E-state index contributed by atoms with van der Waals surface area (Å²) in [5.74, 6) is 1.29. The predicted molar refractivity (Wildman–Crippen MR) is 144 cm³/mol. The van der Waals surface area contributed by atoms with E-state index in [1.165, 1.54) is 0 Å². The van der Waals surface area contributed by atoms with Gasteiger partial charge in [0.2, 0.25) is 11.8 Å². The first-order valence-electron chi connectivity index (χ1n) is 12.7. The Balaban J connectivity index is 1.50. The van der Waals surface area contributed by atoms with Crippen molar-refractivity contribution in [2.24, 2.45) is 10.2 Å². The number of carbonyl (C=O) groups is 2. The van der Waals surface area contributed by atoms with Gasteiger partial charge in [0.15, 0.2) is 0 Å². The van der Waals surface area contributed by atoms with Crippen LogP contribution < -0.4 is 20.3 Å². The second-order valence-corrected chi connectivity index (χ2v) is 8.15. The average molecular weight is 495 g/mol. The molecule has 2 N–H and O–H groups in total. The highest BCUT2D eigenvalue weighted by atomic mass is 16.5. The predicted octanol–water partition coefficient (Wildman–Crippen LogP) is 5.21. The van der Waals surface area contributed by atoms with Gasteiger partial charge in [-0.3, -0.25) is 9.59 Å². The second-order valence-electron chi connectivity index (χ2n) is 8.15. The molecular weight excluding hydrogens is 456 g/mol. The zero-order valence-electron chi connectivity index (χ0n) is 21.4. The summed E-state index contributed by atoms with van der Waals surface area (Å²) < 4.78 is 11.1. The standard InChI is InChI=1S/C28H38N4O4/c1-3-35-25-17-13-11-15-23(25)21-29-31-27(33)19-9-7-5-6-8-10-20-28(34)32-30-22-24-16-12-14-18-26(24)36-4-2/h11-18,21-22H,3-10,19-20H2,1-2H3,(H,31,33)(H,32,34)/b29-21-,30-22+. The molecule has 0 spiro atoms. The molecule has 2 aromatic carbocycles. The molecule has 0 aliphatic rings. The molecule has 8 heteroatoms. The molecule has 0 bridgehead atoms. The Hall–Kier alpha value is -3.68. The third-order valence-corrected chi connectivity index (χ3v) is 5.28. The van der Waals surface area contributed by atoms with E-state index in [0.29, 0.717) is 26.1 Å². The highest BCUT2D eigenvalue weighted by Crippen LogP contribution is 2.16. The van der Waals surface area contributed by atoms with Crippen LogP contribution >= 0.6 is 0 Å². The van der Waals surface area contributed by atoms with Crippen molar-refractivity contribution in [1.82, 2.24) is 10.9 Å². The first kappa shape index (κ1) is 28.6. The summed E-state index contributed by atoms with van der Waals surface area (Å²) in [5.41, 5.74) is 6.80. The molecule has 0 heterocycles. The van der Waals surface area contributed by atoms with Crippen LogP contribution in [0.4, 0.5) is 0 Å². The van der Waals surface area contributed by atoms with Crippen molar-refractivity contribution in [3.8, 4) is 11.5 Å². The zero-order chi connectivity index (χ0) is 25.8. The van der Waals surface area contributed by atoms with Crippen molar-refractivity contribution in [3.63, 3.8) is 0 Å². The Bertz CT molecular complexity index is 912. The lowest BCUT2D eigenvalue weighted by Crippen LogP contribution is -2.17. The van der Waals surface area contributed by atoms with Crippen molar-refractivity contribution in [2.45, 2.75) is 65.2 Å². The molecule has 2 amide bonds. The topological polar surface area (TPSA) is 101 Å². The van der Waals surface area contributed by atoms with Crippen LogP contribution in [-0.4, -0.2) is 37.5 Å². The van der Waals surface area contributed by atoms with Gasteiger partial charge in [-0.05, 0) is 51.0 Å². The molecule has 194 valence electrons. The molecular formula is C28H38N4O4. The molecule has 0 radical (unpaired) electrons. The zero-order valence-corrected chi connectivity index (χ0v) is 21.4. The van der Waals surface area contributed by atoms with Crippen molar-refractivity contribution in [2.75, 3.05) is 13.2 Å². The molecule has 0 atom stereocenters. The Morgan fingerprint density at radius 2 is 1.06 bits per heavy atom. The fourth-order valence-corrected chi connectivity index (χ4v) is 3.49. The first-order chi connectivity index (χ1) is 17.6. The number of rotatable bonds is 17. The Morgan fingerprint density at radius 3 is 1.47 bits per heavy atom. The maximum atomic E-state index is 12.0. The minimum Gasteiger partial charge on any atom is -0.493 e. The third kappa shape index (κ3) is 11.6. The number of nitrogens with one attached hydrogen (secondary N) is 2. The summed E-state index contributed by atoms with van der Waals surface area (Å²) in [5, 5.41) is 8.07. The van der Waals surface area contributed by atoms with E-state index in [4.69, 9.17) is 9.47 Å². The van der Waals surface area contributed by atoms with Gasteiger partial charge < -0.3 is 9.47 Å². The summed E-state index contributed by atoms with van der Waals surface area (Å²) in [7, 11) is 0. The molecule has 8 nitrogen and oxygen atoms in total. The van der Waals surface area contributed by atoms with Crippen LogP contribution in [0.15, 0.2) is 58.7 Å². The number of hydrogen-bond acceptors (Lipinski definition) is 6. The molecule has 0 unspecified atom stereocenters. The maximum absolute atomic E-state index is 12.0. The van der Waals surface area contributed by atoms with Gasteiger partial charge in [-0.2, -0.15) is 10.2 Å². The maximum Gasteiger partial charge on any atom is 0.240 e. The Morgan fingerprint density at radius 1 is 0.667 bits per heavy atom. The quantitative estimate of drug-likeness (QED) is 0.179. The molecule has 0 aliphatic carbocycles. The van der Waals surface area contributed by atoms with Crippen LogP contribution in [-0.2, 0) is 9.59 Å². The van der Waals surface area contributed by atoms with E-state index in [1.807, 2.05) is 62.4 Å². The fraction of sp³-hybridized carbons (Fsp3) is 0.429. The number of carbonyl (C=O) groups excluding carboxylic acids is 2. The van der Waals surface area contributed by atoms with Gasteiger partial charge in [-0.25, -0.2) is 10.9 Å². The van der Waals surface area contributed by atoms with E-state index in [0.717, 1.165) is 61.2 Å². The number of nitrogens with zero attached hydrogens (tertiary/aromatic N) is 2. The number of amides is 2. The van der Waals surface area contributed by atoms with Crippen LogP contribution in [0.25, 0.3) is 0 Å². The van der Waals surface area contributed by atoms with E-state index < -0.39 is 0 Å². The monoisotopic (exact) mass is 494 g/mol. The molecule has 0 aromatic heterocycles. The van der Waals surface area contributed by atoms with E-state index >= 15 is 0 Å². The molecule has 2 rings (SSSR count). The second kappa shape index (κ2) is 17.7. The first-order valence-corrected chi connectivity index (χ1v) is 12.7. The number of hydrogen-bond donors (Lipinski definition) is 2. The van der Waals surface area contributed by atoms with E-state index in [2.05, 4.69) is 21.1 Å². The molecule has 0 saturated heterocycles. The van der Waals surface area contributed by atoms with Crippen LogP contribution in [0.1, 0.15) is 76.3 Å². The van der Waals surface area contributed by atoms with Crippen molar-refractivity contribution >= 4 is 24.2 Å². The van der Waals surface area contributed by atoms with Crippen molar-refractivity contribution < 1.29 is 19.1 Å². The van der Waals surface area contributed by atoms with Gasteiger partial charge in [0, 0.05) is 24.0 Å². The van der Waals surface area contributed by atoms with Crippen LogP contribution in [0.3, 0.4) is 0 Å². The number of unbranched alkanes of at least 4 members (excludes halogenated alkanes) is 5. The normalized spacial score (nSPS) is 11.1. The van der Waals surface area contributed by atoms with Crippen molar-refractivity contribution in [3.05, 3.63) is 59.7 Å². The Labute approximate surface area is 214 Å². The smallest absolute Gasteiger partial charge is 0.240 e. The van der Waals surface area contributed by atoms with Gasteiger partial charge in [0.1, 0.15) is 11.5 Å². The lowest BCUT2D eigenvalue weighted by atomic mass is 10.1. The molecule has 2 aromatic rings. The van der Waals surface area contributed by atoms with Gasteiger partial charge >= 0.3 is 0 Å². The molecule has 36 heavy (non-hydrogen) atoms. The van der Waals surface area contributed by atoms with Crippen LogP contribution in [0, 0.1) is 0 Å². The largest absolute Gasteiger partial charge is 0.493 e. The number of ether oxygens (including phenoxy) is 2. The lowest BCUT2D eigenvalue weighted by molar-refractivity contribution is -0.122. The number of benzene rings is 2. The van der Waals surface area contributed by atoms with Gasteiger partial charge in [-0.15, -0.1) is 0 Å². The minimum atomic E-state index is -0.0961. The number of hydrazone groups is 2. The SMILES string of the molecule is CCOc1ccccc1/C=N\NC(=O)CCCCCCCCC(=O)N/N=C/c1ccccc1OCC. The average Bonchev–Trinajstić information content (AvgIpc) is 2.88. The van der Waals surface area contributed by atoms with E-state index in [-0.39, 0.29) is 11.8 Å². The molecule has 0 saturated carbocycles. The summed E-state index contributed by atoms with van der Waals surface area (Å²) in [6.07, 6.45) is 9.73. The summed E-state index contributed by atoms with van der Waals surface area (Å²) in [6.45, 7) is 5.00. The van der Waals surface area contributed by atoms with Crippen LogP contribution in [0.2, 0.25) is 0 Å². The lowest BCUT2D eigenvalue weighted by Gasteiger charge is -2.06. The molecule has 0 fully saturated rings. The summed E-state index contributed by atoms with van der Waals surface area (Å²) >= 11 is 0. The van der Waals surface area contributed by atoms with E-state index in [9.17, 15) is 9.59 Å². The van der Waals surface area contributed by atoms with E-state index in [1.54, 1.807) is 12.4 Å². The molecule has 0 aliphatic heterocycles. The third-order valence-electron chi connectivity index (χ3n) is 5.28. The van der Waals surface area contributed by atoms with Gasteiger partial charge in [-0.1, -0.05) is 49.9 Å². The summed E-state index contributed by atoms with van der Waals surface area (Å²) in [6, 6.07) is 15.1.